The van der Waals surface area contributed by atoms with Crippen LogP contribution in [0.3, 0.4) is 0 Å². The molecule has 2 aromatic rings. The molecule has 1 aliphatic rings. The molecule has 0 aliphatic carbocycles. The van der Waals surface area contributed by atoms with Gasteiger partial charge in [0, 0.05) is 24.2 Å². The number of benzene rings is 2. The summed E-state index contributed by atoms with van der Waals surface area (Å²) in [6.45, 7) is 2.61. The molecule has 0 bridgehead atoms. The SMILES string of the molecule is Cc1ccc(N2CC(C(=O)NCC#Cc3ccccc3Cl)CC2=O)cc1. The maximum absolute atomic E-state index is 12.3. The van der Waals surface area contributed by atoms with Gasteiger partial charge in [-0.15, -0.1) is 0 Å². The van der Waals surface area contributed by atoms with Crippen molar-refractivity contribution in [3.05, 3.63) is 64.7 Å². The zero-order valence-corrected chi connectivity index (χ0v) is 15.2. The van der Waals surface area contributed by atoms with Crippen LogP contribution >= 0.6 is 11.6 Å². The van der Waals surface area contributed by atoms with Crippen LogP contribution in [0.1, 0.15) is 17.5 Å². The van der Waals surface area contributed by atoms with E-state index in [0.717, 1.165) is 16.8 Å². The van der Waals surface area contributed by atoms with E-state index in [0.29, 0.717) is 11.6 Å². The molecule has 1 atom stereocenters. The Morgan fingerprint density at radius 1 is 1.23 bits per heavy atom. The third-order valence-electron chi connectivity index (χ3n) is 4.29. The molecular formula is C21H19ClN2O2. The van der Waals surface area contributed by atoms with Crippen molar-refractivity contribution in [1.29, 1.82) is 0 Å². The maximum Gasteiger partial charge on any atom is 0.227 e. The number of hydrogen-bond donors (Lipinski definition) is 1. The lowest BCUT2D eigenvalue weighted by Gasteiger charge is -2.16. The standard InChI is InChI=1S/C21H19ClN2O2/c1-15-8-10-18(11-9-15)24-14-17(13-20(24)25)21(26)23-12-4-6-16-5-2-3-7-19(16)22/h2-3,5,7-11,17H,12-14H2,1H3,(H,23,26). The summed E-state index contributed by atoms with van der Waals surface area (Å²) in [5.41, 5.74) is 2.69. The molecule has 0 saturated carbocycles. The molecule has 1 saturated heterocycles. The Morgan fingerprint density at radius 2 is 1.96 bits per heavy atom. The van der Waals surface area contributed by atoms with Crippen molar-refractivity contribution < 1.29 is 9.59 Å². The van der Waals surface area contributed by atoms with E-state index in [4.69, 9.17) is 11.6 Å². The van der Waals surface area contributed by atoms with Crippen LogP contribution in [-0.2, 0) is 9.59 Å². The minimum atomic E-state index is -0.356. The average Bonchev–Trinajstić information content (AvgIpc) is 3.02. The van der Waals surface area contributed by atoms with Crippen molar-refractivity contribution >= 4 is 29.1 Å². The van der Waals surface area contributed by atoms with Crippen LogP contribution in [-0.4, -0.2) is 24.9 Å². The Balaban J connectivity index is 1.55. The van der Waals surface area contributed by atoms with Crippen LogP contribution in [0.2, 0.25) is 5.02 Å². The lowest BCUT2D eigenvalue weighted by molar-refractivity contribution is -0.126. The number of halogens is 1. The predicted octanol–water partition coefficient (Wildman–Crippen LogP) is 3.17. The lowest BCUT2D eigenvalue weighted by atomic mass is 10.1. The Morgan fingerprint density at radius 3 is 2.69 bits per heavy atom. The molecule has 2 amide bonds. The fourth-order valence-corrected chi connectivity index (χ4v) is 3.02. The average molecular weight is 367 g/mol. The van der Waals surface area contributed by atoms with Crippen molar-refractivity contribution in [3.63, 3.8) is 0 Å². The first kappa shape index (κ1) is 18.0. The van der Waals surface area contributed by atoms with Crippen molar-refractivity contribution in [2.24, 2.45) is 5.92 Å². The first-order valence-electron chi connectivity index (χ1n) is 8.43. The summed E-state index contributed by atoms with van der Waals surface area (Å²) in [5, 5.41) is 3.37. The molecule has 1 fully saturated rings. The topological polar surface area (TPSA) is 49.4 Å². The fourth-order valence-electron chi connectivity index (χ4n) is 2.84. The summed E-state index contributed by atoms with van der Waals surface area (Å²) < 4.78 is 0. The first-order chi connectivity index (χ1) is 12.5. The zero-order valence-electron chi connectivity index (χ0n) is 14.5. The van der Waals surface area contributed by atoms with Gasteiger partial charge < -0.3 is 10.2 Å². The minimum Gasteiger partial charge on any atom is -0.345 e. The molecular weight excluding hydrogens is 348 g/mol. The first-order valence-corrected chi connectivity index (χ1v) is 8.80. The van der Waals surface area contributed by atoms with Gasteiger partial charge in [-0.25, -0.2) is 0 Å². The maximum atomic E-state index is 12.3. The summed E-state index contributed by atoms with van der Waals surface area (Å²) in [7, 11) is 0. The van der Waals surface area contributed by atoms with E-state index in [1.807, 2.05) is 49.4 Å². The third-order valence-corrected chi connectivity index (χ3v) is 4.62. The fraction of sp³-hybridized carbons (Fsp3) is 0.238. The highest BCUT2D eigenvalue weighted by atomic mass is 35.5. The van der Waals surface area contributed by atoms with E-state index >= 15 is 0 Å². The van der Waals surface area contributed by atoms with E-state index in [1.165, 1.54) is 0 Å². The number of anilines is 1. The van der Waals surface area contributed by atoms with Crippen molar-refractivity contribution in [2.45, 2.75) is 13.3 Å². The summed E-state index contributed by atoms with van der Waals surface area (Å²) in [4.78, 5) is 26.2. The van der Waals surface area contributed by atoms with E-state index in [-0.39, 0.29) is 30.7 Å². The zero-order chi connectivity index (χ0) is 18.5. The Labute approximate surface area is 158 Å². The molecule has 1 aliphatic heterocycles. The number of carbonyl (C=O) groups excluding carboxylic acids is 2. The van der Waals surface area contributed by atoms with Gasteiger partial charge in [-0.05, 0) is 31.2 Å². The van der Waals surface area contributed by atoms with Crippen LogP contribution in [0, 0.1) is 24.7 Å². The van der Waals surface area contributed by atoms with Crippen LogP contribution in [0.4, 0.5) is 5.69 Å². The van der Waals surface area contributed by atoms with E-state index < -0.39 is 0 Å². The quantitative estimate of drug-likeness (QED) is 0.848. The van der Waals surface area contributed by atoms with Crippen LogP contribution < -0.4 is 10.2 Å². The number of amides is 2. The van der Waals surface area contributed by atoms with E-state index in [2.05, 4.69) is 17.2 Å². The van der Waals surface area contributed by atoms with Gasteiger partial charge >= 0.3 is 0 Å². The molecule has 1 heterocycles. The van der Waals surface area contributed by atoms with Gasteiger partial charge in [0.15, 0.2) is 0 Å². The van der Waals surface area contributed by atoms with Gasteiger partial charge in [0.1, 0.15) is 0 Å². The molecule has 1 unspecified atom stereocenters. The highest BCUT2D eigenvalue weighted by molar-refractivity contribution is 6.31. The molecule has 2 aromatic carbocycles. The molecule has 0 aromatic heterocycles. The Bertz CT molecular complexity index is 881. The van der Waals surface area contributed by atoms with Crippen molar-refractivity contribution in [3.8, 4) is 11.8 Å². The van der Waals surface area contributed by atoms with Gasteiger partial charge in [-0.3, -0.25) is 9.59 Å². The summed E-state index contributed by atoms with van der Waals surface area (Å²) in [6, 6.07) is 15.0. The van der Waals surface area contributed by atoms with E-state index in [9.17, 15) is 9.59 Å². The van der Waals surface area contributed by atoms with E-state index in [1.54, 1.807) is 11.0 Å². The van der Waals surface area contributed by atoms with Gasteiger partial charge in [-0.1, -0.05) is 53.3 Å². The minimum absolute atomic E-state index is 0.0313. The monoisotopic (exact) mass is 366 g/mol. The van der Waals surface area contributed by atoms with Crippen molar-refractivity contribution in [1.82, 2.24) is 5.32 Å². The molecule has 3 rings (SSSR count). The van der Waals surface area contributed by atoms with Crippen molar-refractivity contribution in [2.75, 3.05) is 18.0 Å². The highest BCUT2D eigenvalue weighted by Crippen LogP contribution is 2.25. The molecule has 132 valence electrons. The second kappa shape index (κ2) is 8.07. The smallest absolute Gasteiger partial charge is 0.227 e. The predicted molar refractivity (Wildman–Crippen MR) is 103 cm³/mol. The Hall–Kier alpha value is -2.77. The number of carbonyl (C=O) groups is 2. The largest absolute Gasteiger partial charge is 0.345 e. The lowest BCUT2D eigenvalue weighted by Crippen LogP contribution is -2.33. The molecule has 0 spiro atoms. The second-order valence-corrected chi connectivity index (χ2v) is 6.65. The summed E-state index contributed by atoms with van der Waals surface area (Å²) in [6.07, 6.45) is 0.220. The molecule has 0 radical (unpaired) electrons. The number of nitrogens with zero attached hydrogens (tertiary/aromatic N) is 1. The molecule has 26 heavy (non-hydrogen) atoms. The van der Waals surface area contributed by atoms with Crippen LogP contribution in [0.15, 0.2) is 48.5 Å². The summed E-state index contributed by atoms with van der Waals surface area (Å²) >= 11 is 6.04. The van der Waals surface area contributed by atoms with Gasteiger partial charge in [0.25, 0.3) is 0 Å². The Kier molecular flexibility index (Phi) is 5.60. The summed E-state index contributed by atoms with van der Waals surface area (Å²) in [5.74, 6) is 5.29. The number of hydrogen-bond acceptors (Lipinski definition) is 2. The van der Waals surface area contributed by atoms with Gasteiger partial charge in [0.2, 0.25) is 11.8 Å². The highest BCUT2D eigenvalue weighted by Gasteiger charge is 2.34. The number of aryl methyl sites for hydroxylation is 1. The molecule has 5 heteroatoms. The normalized spacial score (nSPS) is 16.2. The number of nitrogens with one attached hydrogen (secondary N) is 1. The second-order valence-electron chi connectivity index (χ2n) is 6.24. The molecule has 1 N–H and O–H groups in total. The molecule has 4 nitrogen and oxygen atoms in total. The van der Waals surface area contributed by atoms with Crippen LogP contribution in [0.25, 0.3) is 0 Å². The third kappa shape index (κ3) is 4.25. The number of rotatable bonds is 3. The van der Waals surface area contributed by atoms with Gasteiger partial charge in [-0.2, -0.15) is 0 Å². The van der Waals surface area contributed by atoms with Crippen LogP contribution in [0.5, 0.6) is 0 Å². The van der Waals surface area contributed by atoms with Gasteiger partial charge in [0.05, 0.1) is 17.5 Å².